The number of nitrogens with zero attached hydrogens (tertiary/aromatic N) is 1. The van der Waals surface area contributed by atoms with Gasteiger partial charge in [-0.1, -0.05) is 18.2 Å². The molecule has 0 saturated heterocycles. The Labute approximate surface area is 193 Å². The van der Waals surface area contributed by atoms with Crippen molar-refractivity contribution in [3.05, 3.63) is 88.1 Å². The first kappa shape index (κ1) is 21.2. The predicted octanol–water partition coefficient (Wildman–Crippen LogP) is 5.23. The van der Waals surface area contributed by atoms with Gasteiger partial charge >= 0.3 is 11.9 Å². The molecule has 7 heteroatoms. The lowest BCUT2D eigenvalue weighted by molar-refractivity contribution is 0.0652. The van der Waals surface area contributed by atoms with E-state index in [0.717, 1.165) is 5.69 Å². The standard InChI is InChI=1S/C27H19NO6/c1-28(2)15-7-10-18-22(13-15)34-25-17-11-8-16(29)12-14(17)6-9-20(25)23(18)19-4-3-5-21(26(30)31)24(19)27(32)33/h3-13H,1-2H3,(H,30,31)(H,32,33). The summed E-state index contributed by atoms with van der Waals surface area (Å²) < 4.78 is 6.34. The van der Waals surface area contributed by atoms with E-state index in [-0.39, 0.29) is 22.1 Å². The van der Waals surface area contributed by atoms with E-state index < -0.39 is 11.9 Å². The topological polar surface area (TPSA) is 108 Å². The average molecular weight is 453 g/mol. The summed E-state index contributed by atoms with van der Waals surface area (Å²) in [5.74, 6) is -2.66. The predicted molar refractivity (Wildman–Crippen MR) is 131 cm³/mol. The molecule has 4 aromatic carbocycles. The third kappa shape index (κ3) is 3.26. The lowest BCUT2D eigenvalue weighted by Gasteiger charge is -2.18. The quantitative estimate of drug-likeness (QED) is 0.283. The minimum Gasteiger partial charge on any atom is -0.478 e. The van der Waals surface area contributed by atoms with Crippen molar-refractivity contribution < 1.29 is 24.2 Å². The second kappa shape index (κ2) is 7.74. The summed E-state index contributed by atoms with van der Waals surface area (Å²) in [5.41, 5.74) is 1.96. The fraction of sp³-hybridized carbons (Fsp3) is 0.0741. The van der Waals surface area contributed by atoms with Gasteiger partial charge in [0.05, 0.1) is 11.1 Å². The molecule has 0 unspecified atom stereocenters. The summed E-state index contributed by atoms with van der Waals surface area (Å²) in [7, 11) is 3.79. The number of hydrogen-bond donors (Lipinski definition) is 2. The zero-order chi connectivity index (χ0) is 24.1. The van der Waals surface area contributed by atoms with E-state index in [1.54, 1.807) is 24.3 Å². The SMILES string of the molecule is CN(C)c1ccc2c(-c3cccc(C(=O)O)c3C(=O)O)c3ccc4cc(=O)ccc4c3oc2c1. The van der Waals surface area contributed by atoms with Gasteiger partial charge < -0.3 is 19.5 Å². The van der Waals surface area contributed by atoms with Crippen molar-refractivity contribution >= 4 is 50.3 Å². The number of benzene rings is 4. The van der Waals surface area contributed by atoms with Crippen LogP contribution in [0.2, 0.25) is 0 Å². The van der Waals surface area contributed by atoms with Gasteiger partial charge in [-0.25, -0.2) is 9.59 Å². The summed E-state index contributed by atoms with van der Waals surface area (Å²) in [6.45, 7) is 0. The van der Waals surface area contributed by atoms with Gasteiger partial charge in [-0.15, -0.1) is 0 Å². The highest BCUT2D eigenvalue weighted by Crippen LogP contribution is 2.41. The van der Waals surface area contributed by atoms with Gasteiger partial charge in [-0.05, 0) is 53.4 Å². The zero-order valence-electron chi connectivity index (χ0n) is 18.3. The minimum absolute atomic E-state index is 0.134. The first-order chi connectivity index (χ1) is 16.3. The molecule has 0 fully saturated rings. The Morgan fingerprint density at radius 1 is 0.824 bits per heavy atom. The summed E-state index contributed by atoms with van der Waals surface area (Å²) in [4.78, 5) is 37.9. The Morgan fingerprint density at radius 3 is 2.26 bits per heavy atom. The molecule has 0 aliphatic rings. The molecule has 1 aromatic heterocycles. The minimum atomic E-state index is -1.34. The third-order valence-corrected chi connectivity index (χ3v) is 5.95. The molecular weight excluding hydrogens is 434 g/mol. The van der Waals surface area contributed by atoms with Crippen LogP contribution in [-0.2, 0) is 0 Å². The Balaban J connectivity index is 2.03. The largest absolute Gasteiger partial charge is 0.478 e. The molecule has 0 radical (unpaired) electrons. The number of carbonyl (C=O) groups is 2. The maximum atomic E-state index is 12.3. The summed E-state index contributed by atoms with van der Waals surface area (Å²) in [5, 5.41) is 22.3. The van der Waals surface area contributed by atoms with Crippen LogP contribution < -0.4 is 10.3 Å². The van der Waals surface area contributed by atoms with E-state index in [1.807, 2.05) is 37.2 Å². The highest BCUT2D eigenvalue weighted by Gasteiger charge is 2.24. The maximum absolute atomic E-state index is 12.3. The molecule has 0 saturated carbocycles. The number of fused-ring (bicyclic) bond motifs is 4. The van der Waals surface area contributed by atoms with Crippen LogP contribution in [0.25, 0.3) is 43.8 Å². The molecule has 0 aliphatic heterocycles. The molecule has 0 amide bonds. The van der Waals surface area contributed by atoms with Gasteiger partial charge in [0.25, 0.3) is 0 Å². The number of carboxylic acids is 2. The second-order valence-electron chi connectivity index (χ2n) is 8.22. The molecule has 0 bridgehead atoms. The van der Waals surface area contributed by atoms with E-state index >= 15 is 0 Å². The van der Waals surface area contributed by atoms with Crippen LogP contribution in [0.1, 0.15) is 20.7 Å². The van der Waals surface area contributed by atoms with Crippen LogP contribution in [0.15, 0.2) is 75.9 Å². The van der Waals surface area contributed by atoms with Crippen molar-refractivity contribution in [1.82, 2.24) is 0 Å². The second-order valence-corrected chi connectivity index (χ2v) is 8.22. The third-order valence-electron chi connectivity index (χ3n) is 5.95. The fourth-order valence-corrected chi connectivity index (χ4v) is 4.38. The monoisotopic (exact) mass is 453 g/mol. The van der Waals surface area contributed by atoms with Crippen LogP contribution in [-0.4, -0.2) is 36.2 Å². The van der Waals surface area contributed by atoms with Gasteiger partial charge in [-0.3, -0.25) is 4.79 Å². The van der Waals surface area contributed by atoms with Crippen LogP contribution in [0.3, 0.4) is 0 Å². The van der Waals surface area contributed by atoms with Crippen molar-refractivity contribution in [3.8, 4) is 11.1 Å². The molecule has 5 aromatic rings. The van der Waals surface area contributed by atoms with Crippen LogP contribution >= 0.6 is 0 Å². The molecule has 2 N–H and O–H groups in total. The number of anilines is 1. The molecule has 5 rings (SSSR count). The van der Waals surface area contributed by atoms with E-state index in [0.29, 0.717) is 38.3 Å². The summed E-state index contributed by atoms with van der Waals surface area (Å²) in [6.07, 6.45) is 0. The Bertz CT molecular complexity index is 1710. The first-order valence-corrected chi connectivity index (χ1v) is 10.5. The number of aromatic carboxylic acids is 2. The van der Waals surface area contributed by atoms with E-state index in [4.69, 9.17) is 4.42 Å². The van der Waals surface area contributed by atoms with Crippen molar-refractivity contribution in [1.29, 1.82) is 0 Å². The molecule has 0 atom stereocenters. The molecular formula is C27H19NO6. The summed E-state index contributed by atoms with van der Waals surface area (Å²) in [6, 6.07) is 18.2. The van der Waals surface area contributed by atoms with E-state index in [1.165, 1.54) is 24.3 Å². The van der Waals surface area contributed by atoms with E-state index in [9.17, 15) is 24.6 Å². The van der Waals surface area contributed by atoms with Crippen LogP contribution in [0.4, 0.5) is 5.69 Å². The normalized spacial score (nSPS) is 11.2. The molecule has 168 valence electrons. The Kier molecular flexibility index (Phi) is 4.83. The molecule has 1 heterocycles. The molecule has 34 heavy (non-hydrogen) atoms. The number of rotatable bonds is 4. The van der Waals surface area contributed by atoms with E-state index in [2.05, 4.69) is 0 Å². The average Bonchev–Trinajstić information content (AvgIpc) is 2.81. The summed E-state index contributed by atoms with van der Waals surface area (Å²) >= 11 is 0. The molecule has 7 nitrogen and oxygen atoms in total. The fourth-order valence-electron chi connectivity index (χ4n) is 4.38. The Hall–Kier alpha value is -4.65. The zero-order valence-corrected chi connectivity index (χ0v) is 18.3. The van der Waals surface area contributed by atoms with Gasteiger partial charge in [0.1, 0.15) is 11.2 Å². The number of hydrogen-bond acceptors (Lipinski definition) is 5. The van der Waals surface area contributed by atoms with Crippen LogP contribution in [0.5, 0.6) is 0 Å². The van der Waals surface area contributed by atoms with Gasteiger partial charge in [0, 0.05) is 47.6 Å². The lowest BCUT2D eigenvalue weighted by atomic mass is 9.90. The highest BCUT2D eigenvalue weighted by molar-refractivity contribution is 6.18. The van der Waals surface area contributed by atoms with Crippen molar-refractivity contribution in [3.63, 3.8) is 0 Å². The smallest absolute Gasteiger partial charge is 0.337 e. The van der Waals surface area contributed by atoms with Gasteiger partial charge in [0.15, 0.2) is 5.43 Å². The van der Waals surface area contributed by atoms with Gasteiger partial charge in [-0.2, -0.15) is 0 Å². The van der Waals surface area contributed by atoms with Crippen molar-refractivity contribution in [2.24, 2.45) is 0 Å². The van der Waals surface area contributed by atoms with Crippen LogP contribution in [0, 0.1) is 0 Å². The van der Waals surface area contributed by atoms with Crippen molar-refractivity contribution in [2.75, 3.05) is 19.0 Å². The first-order valence-electron chi connectivity index (χ1n) is 10.5. The number of carboxylic acid groups (broad SMARTS) is 2. The van der Waals surface area contributed by atoms with Crippen molar-refractivity contribution in [2.45, 2.75) is 0 Å². The molecule has 0 aliphatic carbocycles. The maximum Gasteiger partial charge on any atom is 0.337 e. The van der Waals surface area contributed by atoms with Gasteiger partial charge in [0.2, 0.25) is 0 Å². The molecule has 0 spiro atoms. The lowest BCUT2D eigenvalue weighted by Crippen LogP contribution is -2.10. The highest BCUT2D eigenvalue weighted by atomic mass is 16.4. The Morgan fingerprint density at radius 2 is 1.56 bits per heavy atom.